The molecule has 3 nitrogen and oxygen atoms in total. The fourth-order valence-electron chi connectivity index (χ4n) is 3.01. The topological polar surface area (TPSA) is 49.7 Å². The summed E-state index contributed by atoms with van der Waals surface area (Å²) in [5.41, 5.74) is 0.771. The summed E-state index contributed by atoms with van der Waals surface area (Å²) in [5.74, 6) is 0. The number of hydrogen-bond acceptors (Lipinski definition) is 3. The highest BCUT2D eigenvalue weighted by atomic mass is 16.5. The molecule has 0 bridgehead atoms. The molecule has 1 fully saturated rings. The number of aliphatic hydroxyl groups excluding tert-OH is 2. The van der Waals surface area contributed by atoms with E-state index in [0.29, 0.717) is 6.10 Å². The van der Waals surface area contributed by atoms with Gasteiger partial charge in [-0.15, -0.1) is 0 Å². The Balaban J connectivity index is 1.87. The fourth-order valence-corrected chi connectivity index (χ4v) is 3.01. The lowest BCUT2D eigenvalue weighted by molar-refractivity contribution is 0.0385. The van der Waals surface area contributed by atoms with E-state index in [1.807, 2.05) is 18.2 Å². The van der Waals surface area contributed by atoms with Crippen LogP contribution in [0.4, 0.5) is 0 Å². The predicted molar refractivity (Wildman–Crippen MR) is 79.6 cm³/mol. The van der Waals surface area contributed by atoms with E-state index < -0.39 is 5.41 Å². The van der Waals surface area contributed by atoms with Gasteiger partial charge in [0.1, 0.15) is 0 Å². The monoisotopic (exact) mass is 278 g/mol. The molecule has 1 aliphatic rings. The van der Waals surface area contributed by atoms with Crippen LogP contribution in [0.5, 0.6) is 0 Å². The Kier molecular flexibility index (Phi) is 6.02. The molecular formula is C17H26O3. The van der Waals surface area contributed by atoms with Crippen LogP contribution in [0.15, 0.2) is 30.3 Å². The summed E-state index contributed by atoms with van der Waals surface area (Å²) in [6, 6.07) is 10.1. The van der Waals surface area contributed by atoms with Gasteiger partial charge in [0.2, 0.25) is 0 Å². The van der Waals surface area contributed by atoms with Gasteiger partial charge in [-0.05, 0) is 37.7 Å². The molecule has 112 valence electrons. The van der Waals surface area contributed by atoms with Gasteiger partial charge in [-0.3, -0.25) is 0 Å². The van der Waals surface area contributed by atoms with E-state index in [4.69, 9.17) is 4.74 Å². The summed E-state index contributed by atoms with van der Waals surface area (Å²) in [7, 11) is 0. The minimum absolute atomic E-state index is 0.0317. The Morgan fingerprint density at radius 2 is 1.90 bits per heavy atom. The van der Waals surface area contributed by atoms with Crippen molar-refractivity contribution in [2.24, 2.45) is 5.41 Å². The summed E-state index contributed by atoms with van der Waals surface area (Å²) in [4.78, 5) is 0. The molecule has 0 saturated carbocycles. The minimum atomic E-state index is -0.403. The SMILES string of the molecule is OCC(CO)(CCCC1CCCO1)Cc1ccccc1. The van der Waals surface area contributed by atoms with Gasteiger partial charge in [0.05, 0.1) is 19.3 Å². The molecule has 1 unspecified atom stereocenters. The number of benzene rings is 1. The first kappa shape index (κ1) is 15.5. The predicted octanol–water partition coefficient (Wildman–Crippen LogP) is 2.55. The van der Waals surface area contributed by atoms with Gasteiger partial charge in [-0.25, -0.2) is 0 Å². The Morgan fingerprint density at radius 1 is 1.15 bits per heavy atom. The third-order valence-corrected chi connectivity index (χ3v) is 4.35. The minimum Gasteiger partial charge on any atom is -0.396 e. The summed E-state index contributed by atoms with van der Waals surface area (Å²) in [5, 5.41) is 19.5. The van der Waals surface area contributed by atoms with E-state index in [1.165, 1.54) is 12.0 Å². The zero-order valence-corrected chi connectivity index (χ0v) is 12.1. The van der Waals surface area contributed by atoms with Gasteiger partial charge in [0.25, 0.3) is 0 Å². The average molecular weight is 278 g/mol. The van der Waals surface area contributed by atoms with E-state index in [2.05, 4.69) is 12.1 Å². The molecule has 20 heavy (non-hydrogen) atoms. The summed E-state index contributed by atoms with van der Waals surface area (Å²) >= 11 is 0. The van der Waals surface area contributed by atoms with Crippen molar-refractivity contribution in [1.82, 2.24) is 0 Å². The second-order valence-corrected chi connectivity index (χ2v) is 6.01. The Hall–Kier alpha value is -0.900. The second kappa shape index (κ2) is 7.77. The van der Waals surface area contributed by atoms with Crippen LogP contribution < -0.4 is 0 Å². The lowest BCUT2D eigenvalue weighted by atomic mass is 9.78. The second-order valence-electron chi connectivity index (χ2n) is 6.01. The molecule has 0 amide bonds. The largest absolute Gasteiger partial charge is 0.396 e. The van der Waals surface area contributed by atoms with Crippen LogP contribution in [0, 0.1) is 5.41 Å². The average Bonchev–Trinajstić information content (AvgIpc) is 3.00. The van der Waals surface area contributed by atoms with Crippen LogP contribution in [0.25, 0.3) is 0 Å². The first-order chi connectivity index (χ1) is 9.78. The first-order valence-electron chi connectivity index (χ1n) is 7.65. The highest BCUT2D eigenvalue weighted by molar-refractivity contribution is 5.16. The van der Waals surface area contributed by atoms with Crippen molar-refractivity contribution < 1.29 is 14.9 Å². The molecule has 2 rings (SSSR count). The lowest BCUT2D eigenvalue weighted by Gasteiger charge is -2.30. The van der Waals surface area contributed by atoms with Gasteiger partial charge in [-0.1, -0.05) is 36.8 Å². The van der Waals surface area contributed by atoms with Crippen LogP contribution in [0.1, 0.15) is 37.7 Å². The van der Waals surface area contributed by atoms with E-state index in [0.717, 1.165) is 38.7 Å². The highest BCUT2D eigenvalue weighted by Gasteiger charge is 2.29. The molecule has 2 N–H and O–H groups in total. The van der Waals surface area contributed by atoms with Gasteiger partial charge in [0, 0.05) is 12.0 Å². The zero-order valence-electron chi connectivity index (χ0n) is 12.1. The van der Waals surface area contributed by atoms with Crippen LogP contribution in [-0.4, -0.2) is 36.1 Å². The molecule has 1 saturated heterocycles. The van der Waals surface area contributed by atoms with Crippen molar-refractivity contribution >= 4 is 0 Å². The first-order valence-corrected chi connectivity index (χ1v) is 7.65. The molecule has 3 heteroatoms. The maximum atomic E-state index is 9.74. The summed E-state index contributed by atoms with van der Waals surface area (Å²) < 4.78 is 5.63. The molecule has 1 aromatic rings. The molecular weight excluding hydrogens is 252 g/mol. The Labute approximate surface area is 121 Å². The quantitative estimate of drug-likeness (QED) is 0.768. The van der Waals surface area contributed by atoms with E-state index in [1.54, 1.807) is 0 Å². The van der Waals surface area contributed by atoms with Crippen molar-refractivity contribution in [3.63, 3.8) is 0 Å². The van der Waals surface area contributed by atoms with E-state index >= 15 is 0 Å². The van der Waals surface area contributed by atoms with Crippen molar-refractivity contribution in [1.29, 1.82) is 0 Å². The van der Waals surface area contributed by atoms with Gasteiger partial charge in [0.15, 0.2) is 0 Å². The van der Waals surface area contributed by atoms with Crippen molar-refractivity contribution in [3.8, 4) is 0 Å². The third kappa shape index (κ3) is 4.30. The van der Waals surface area contributed by atoms with E-state index in [-0.39, 0.29) is 13.2 Å². The number of rotatable bonds is 8. The Morgan fingerprint density at radius 3 is 2.50 bits per heavy atom. The van der Waals surface area contributed by atoms with Gasteiger partial charge >= 0.3 is 0 Å². The zero-order chi connectivity index (χ0) is 14.3. The standard InChI is InChI=1S/C17H26O3/c18-13-17(14-19,12-15-6-2-1-3-7-15)10-4-8-16-9-5-11-20-16/h1-3,6-7,16,18-19H,4-5,8-14H2. The summed E-state index contributed by atoms with van der Waals surface area (Å²) in [6.45, 7) is 0.952. The molecule has 1 aromatic carbocycles. The maximum Gasteiger partial charge on any atom is 0.0576 e. The fraction of sp³-hybridized carbons (Fsp3) is 0.647. The summed E-state index contributed by atoms with van der Waals surface area (Å²) in [6.07, 6.45) is 6.32. The number of ether oxygens (including phenoxy) is 1. The van der Waals surface area contributed by atoms with E-state index in [9.17, 15) is 10.2 Å². The van der Waals surface area contributed by atoms with Crippen LogP contribution >= 0.6 is 0 Å². The Bertz CT molecular complexity index is 367. The highest BCUT2D eigenvalue weighted by Crippen LogP contribution is 2.30. The van der Waals surface area contributed by atoms with Crippen LogP contribution in [-0.2, 0) is 11.2 Å². The number of hydrogen-bond donors (Lipinski definition) is 2. The normalized spacial score (nSPS) is 19.4. The van der Waals surface area contributed by atoms with Crippen LogP contribution in [0.3, 0.4) is 0 Å². The number of aliphatic hydroxyl groups is 2. The van der Waals surface area contributed by atoms with Gasteiger partial charge in [-0.2, -0.15) is 0 Å². The van der Waals surface area contributed by atoms with Crippen molar-refractivity contribution in [3.05, 3.63) is 35.9 Å². The van der Waals surface area contributed by atoms with Gasteiger partial charge < -0.3 is 14.9 Å². The molecule has 1 heterocycles. The van der Waals surface area contributed by atoms with Crippen LogP contribution in [0.2, 0.25) is 0 Å². The molecule has 0 spiro atoms. The molecule has 0 aromatic heterocycles. The molecule has 0 aliphatic carbocycles. The van der Waals surface area contributed by atoms with Crippen molar-refractivity contribution in [2.75, 3.05) is 19.8 Å². The maximum absolute atomic E-state index is 9.74. The lowest BCUT2D eigenvalue weighted by Crippen LogP contribution is -2.32. The molecule has 1 atom stereocenters. The smallest absolute Gasteiger partial charge is 0.0576 e. The molecule has 0 radical (unpaired) electrons. The third-order valence-electron chi connectivity index (χ3n) is 4.35. The molecule has 1 aliphatic heterocycles. The van der Waals surface area contributed by atoms with Crippen molar-refractivity contribution in [2.45, 2.75) is 44.6 Å².